The first kappa shape index (κ1) is 17.6. The number of imide groups is 2. The summed E-state index contributed by atoms with van der Waals surface area (Å²) in [7, 11) is 0. The molecule has 1 aliphatic heterocycles. The predicted molar refractivity (Wildman–Crippen MR) is 101 cm³/mol. The van der Waals surface area contributed by atoms with Crippen molar-refractivity contribution in [3.63, 3.8) is 0 Å². The lowest BCUT2D eigenvalue weighted by molar-refractivity contribution is -0.122. The van der Waals surface area contributed by atoms with Gasteiger partial charge in [0, 0.05) is 0 Å². The van der Waals surface area contributed by atoms with E-state index in [1.807, 2.05) is 52.0 Å². The average Bonchev–Trinajstić information content (AvgIpc) is 2.54. The number of barbiturate groups is 1. The molecule has 1 N–H and O–H groups in total. The maximum absolute atomic E-state index is 13.0. The lowest BCUT2D eigenvalue weighted by Crippen LogP contribution is -2.54. The minimum absolute atomic E-state index is 0.0529. The minimum Gasteiger partial charge on any atom is -0.273 e. The summed E-state index contributed by atoms with van der Waals surface area (Å²) < 4.78 is 0. The summed E-state index contributed by atoms with van der Waals surface area (Å²) in [5.41, 5.74) is 5.04. The van der Waals surface area contributed by atoms with Crippen molar-refractivity contribution in [1.29, 1.82) is 0 Å². The van der Waals surface area contributed by atoms with Crippen LogP contribution in [0.2, 0.25) is 0 Å². The Morgan fingerprint density at radius 3 is 2.12 bits per heavy atom. The summed E-state index contributed by atoms with van der Waals surface area (Å²) in [6.45, 7) is 7.67. The summed E-state index contributed by atoms with van der Waals surface area (Å²) in [6.07, 6.45) is 1.57. The van der Waals surface area contributed by atoms with Crippen LogP contribution in [0, 0.1) is 27.7 Å². The molecule has 2 aromatic carbocycles. The first-order valence-corrected chi connectivity index (χ1v) is 8.34. The third kappa shape index (κ3) is 3.04. The number of amides is 4. The van der Waals surface area contributed by atoms with Crippen LogP contribution in [0.25, 0.3) is 6.08 Å². The average molecular weight is 348 g/mol. The van der Waals surface area contributed by atoms with Gasteiger partial charge < -0.3 is 0 Å². The summed E-state index contributed by atoms with van der Waals surface area (Å²) in [6, 6.07) is 10.3. The molecule has 1 saturated heterocycles. The maximum atomic E-state index is 13.0. The molecule has 2 aromatic rings. The van der Waals surface area contributed by atoms with Crippen molar-refractivity contribution in [3.8, 4) is 0 Å². The fourth-order valence-electron chi connectivity index (χ4n) is 3.25. The predicted octanol–water partition coefficient (Wildman–Crippen LogP) is 3.59. The molecule has 0 aromatic heterocycles. The Labute approximate surface area is 152 Å². The van der Waals surface area contributed by atoms with Crippen LogP contribution < -0.4 is 10.2 Å². The van der Waals surface area contributed by atoms with Crippen LogP contribution >= 0.6 is 0 Å². The first-order valence-electron chi connectivity index (χ1n) is 8.34. The molecule has 0 saturated carbocycles. The zero-order chi connectivity index (χ0) is 19.0. The Balaban J connectivity index is 2.11. The van der Waals surface area contributed by atoms with E-state index in [1.54, 1.807) is 18.2 Å². The van der Waals surface area contributed by atoms with Gasteiger partial charge in [-0.3, -0.25) is 14.9 Å². The molecule has 5 heteroatoms. The van der Waals surface area contributed by atoms with Gasteiger partial charge in [0.2, 0.25) is 0 Å². The number of anilines is 1. The summed E-state index contributed by atoms with van der Waals surface area (Å²) in [5, 5.41) is 2.27. The van der Waals surface area contributed by atoms with E-state index in [2.05, 4.69) is 5.32 Å². The monoisotopic (exact) mass is 348 g/mol. The van der Waals surface area contributed by atoms with Gasteiger partial charge in [-0.25, -0.2) is 9.69 Å². The van der Waals surface area contributed by atoms with Crippen LogP contribution in [0.3, 0.4) is 0 Å². The van der Waals surface area contributed by atoms with Crippen LogP contribution in [-0.4, -0.2) is 17.8 Å². The number of rotatable bonds is 2. The number of hydrogen-bond donors (Lipinski definition) is 1. The molecule has 1 aliphatic rings. The Bertz CT molecular complexity index is 950. The van der Waals surface area contributed by atoms with Gasteiger partial charge in [-0.15, -0.1) is 0 Å². The maximum Gasteiger partial charge on any atom is 0.335 e. The van der Waals surface area contributed by atoms with Crippen molar-refractivity contribution in [3.05, 3.63) is 69.8 Å². The standard InChI is InChI=1S/C21H20N2O3/c1-12-9-14(3)16(15(4)10-12)11-17-19(24)22-21(26)23(20(17)25)18-8-6-5-7-13(18)2/h5-11H,1-4H3,(H,22,24,26)/b17-11+. The fraction of sp³-hybridized carbons (Fsp3) is 0.190. The van der Waals surface area contributed by atoms with Crippen molar-refractivity contribution in [2.45, 2.75) is 27.7 Å². The summed E-state index contributed by atoms with van der Waals surface area (Å²) >= 11 is 0. The molecule has 4 amide bonds. The second-order valence-corrected chi connectivity index (χ2v) is 6.56. The van der Waals surface area contributed by atoms with E-state index in [4.69, 9.17) is 0 Å². The van der Waals surface area contributed by atoms with E-state index >= 15 is 0 Å². The number of carbonyl (C=O) groups is 3. The van der Waals surface area contributed by atoms with Crippen molar-refractivity contribution in [2.24, 2.45) is 0 Å². The van der Waals surface area contributed by atoms with Crippen LogP contribution in [-0.2, 0) is 9.59 Å². The Morgan fingerprint density at radius 2 is 1.50 bits per heavy atom. The van der Waals surface area contributed by atoms with Gasteiger partial charge in [-0.1, -0.05) is 35.9 Å². The summed E-state index contributed by atoms with van der Waals surface area (Å²) in [4.78, 5) is 38.6. The van der Waals surface area contributed by atoms with Gasteiger partial charge in [-0.05, 0) is 62.1 Å². The highest BCUT2D eigenvalue weighted by Crippen LogP contribution is 2.26. The minimum atomic E-state index is -0.733. The lowest BCUT2D eigenvalue weighted by Gasteiger charge is -2.27. The van der Waals surface area contributed by atoms with Crippen LogP contribution in [0.5, 0.6) is 0 Å². The number of urea groups is 1. The third-order valence-electron chi connectivity index (χ3n) is 4.48. The smallest absolute Gasteiger partial charge is 0.273 e. The third-order valence-corrected chi connectivity index (χ3v) is 4.48. The molecule has 0 aliphatic carbocycles. The van der Waals surface area contributed by atoms with Crippen molar-refractivity contribution < 1.29 is 14.4 Å². The number of hydrogen-bond acceptors (Lipinski definition) is 3. The number of aryl methyl sites for hydroxylation is 4. The largest absolute Gasteiger partial charge is 0.335 e. The molecule has 0 atom stereocenters. The highest BCUT2D eigenvalue weighted by molar-refractivity contribution is 6.39. The van der Waals surface area contributed by atoms with Gasteiger partial charge in [-0.2, -0.15) is 0 Å². The van der Waals surface area contributed by atoms with Crippen molar-refractivity contribution >= 4 is 29.6 Å². The number of para-hydroxylation sites is 1. The van der Waals surface area contributed by atoms with E-state index in [9.17, 15) is 14.4 Å². The highest BCUT2D eigenvalue weighted by Gasteiger charge is 2.37. The Morgan fingerprint density at radius 1 is 0.885 bits per heavy atom. The molecule has 5 nitrogen and oxygen atoms in total. The van der Waals surface area contributed by atoms with Gasteiger partial charge in [0.1, 0.15) is 5.57 Å². The summed E-state index contributed by atoms with van der Waals surface area (Å²) in [5.74, 6) is -1.29. The van der Waals surface area contributed by atoms with Gasteiger partial charge in [0.25, 0.3) is 11.8 Å². The molecule has 0 radical (unpaired) electrons. The van der Waals surface area contributed by atoms with Crippen LogP contribution in [0.15, 0.2) is 42.0 Å². The zero-order valence-electron chi connectivity index (χ0n) is 15.2. The quantitative estimate of drug-likeness (QED) is 0.666. The number of benzene rings is 2. The van der Waals surface area contributed by atoms with Crippen molar-refractivity contribution in [2.75, 3.05) is 4.90 Å². The van der Waals surface area contributed by atoms with Gasteiger partial charge >= 0.3 is 6.03 Å². The zero-order valence-corrected chi connectivity index (χ0v) is 15.2. The van der Waals surface area contributed by atoms with Gasteiger partial charge in [0.15, 0.2) is 0 Å². The van der Waals surface area contributed by atoms with E-state index in [-0.39, 0.29) is 5.57 Å². The number of nitrogens with one attached hydrogen (secondary N) is 1. The number of nitrogens with zero attached hydrogens (tertiary/aromatic N) is 1. The molecule has 132 valence electrons. The normalized spacial score (nSPS) is 16.2. The van der Waals surface area contributed by atoms with Crippen LogP contribution in [0.1, 0.15) is 27.8 Å². The second kappa shape index (κ2) is 6.59. The van der Waals surface area contributed by atoms with E-state index in [0.717, 1.165) is 32.7 Å². The number of carbonyl (C=O) groups excluding carboxylic acids is 3. The molecule has 3 rings (SSSR count). The fourth-order valence-corrected chi connectivity index (χ4v) is 3.25. The van der Waals surface area contributed by atoms with Crippen molar-refractivity contribution in [1.82, 2.24) is 5.32 Å². The Kier molecular flexibility index (Phi) is 4.47. The molecule has 1 fully saturated rings. The SMILES string of the molecule is Cc1cc(C)c(/C=C2\C(=O)NC(=O)N(c3ccccc3C)C2=O)c(C)c1. The molecular formula is C21H20N2O3. The molecular weight excluding hydrogens is 328 g/mol. The van der Waals surface area contributed by atoms with Gasteiger partial charge in [0.05, 0.1) is 5.69 Å². The highest BCUT2D eigenvalue weighted by atomic mass is 16.2. The molecule has 0 spiro atoms. The molecule has 0 bridgehead atoms. The topological polar surface area (TPSA) is 66.5 Å². The molecule has 26 heavy (non-hydrogen) atoms. The molecule has 0 unspecified atom stereocenters. The van der Waals surface area contributed by atoms with E-state index in [1.165, 1.54) is 0 Å². The van der Waals surface area contributed by atoms with E-state index in [0.29, 0.717) is 5.69 Å². The molecule has 1 heterocycles. The Hall–Kier alpha value is -3.21. The first-order chi connectivity index (χ1) is 12.3. The lowest BCUT2D eigenvalue weighted by atomic mass is 9.96. The van der Waals surface area contributed by atoms with Crippen LogP contribution in [0.4, 0.5) is 10.5 Å². The van der Waals surface area contributed by atoms with E-state index < -0.39 is 17.8 Å². The second-order valence-electron chi connectivity index (χ2n) is 6.56.